The molecule has 1 N–H and O–H groups in total. The van der Waals surface area contributed by atoms with E-state index in [1.54, 1.807) is 0 Å². The highest BCUT2D eigenvalue weighted by molar-refractivity contribution is 8.14. The minimum atomic E-state index is -0.967. The van der Waals surface area contributed by atoms with E-state index in [0.717, 1.165) is 11.8 Å². The number of thioether (sulfide) groups is 1. The van der Waals surface area contributed by atoms with E-state index in [-0.39, 0.29) is 28.6 Å². The zero-order valence-electron chi connectivity index (χ0n) is 10.9. The monoisotopic (exact) mass is 273 g/mol. The van der Waals surface area contributed by atoms with Crippen LogP contribution in [-0.4, -0.2) is 44.8 Å². The molecule has 1 aliphatic rings. The van der Waals surface area contributed by atoms with Crippen LogP contribution in [0.15, 0.2) is 0 Å². The van der Waals surface area contributed by atoms with Gasteiger partial charge in [-0.3, -0.25) is 9.59 Å². The van der Waals surface area contributed by atoms with Gasteiger partial charge >= 0.3 is 5.97 Å². The number of carboxylic acids is 1. The summed E-state index contributed by atoms with van der Waals surface area (Å²) in [5.41, 5.74) is 0. The molecule has 1 fully saturated rings. The molecule has 0 aromatic heterocycles. The van der Waals surface area contributed by atoms with Crippen molar-refractivity contribution in [3.05, 3.63) is 0 Å². The van der Waals surface area contributed by atoms with Crippen LogP contribution in [0.5, 0.6) is 0 Å². The first-order valence-corrected chi connectivity index (χ1v) is 6.88. The molecule has 0 saturated carbocycles. The summed E-state index contributed by atoms with van der Waals surface area (Å²) in [5.74, 6) is -0.925. The third kappa shape index (κ3) is 4.01. The molecule has 0 aliphatic carbocycles. The summed E-state index contributed by atoms with van der Waals surface area (Å²) in [6.07, 6.45) is 0.699. The second-order valence-corrected chi connectivity index (χ2v) is 6.44. The van der Waals surface area contributed by atoms with E-state index in [1.165, 1.54) is 11.8 Å². The second kappa shape index (κ2) is 6.22. The Labute approximate surface area is 111 Å². The third-order valence-electron chi connectivity index (χ3n) is 2.81. The number of aliphatic carboxylic acids is 1. The standard InChI is InChI=1S/C12H19NO4S/c1-7(2)4-10(12(16)17)13-6-9(5-11(13)15)18-8(3)14/h7,9-10H,4-6H2,1-3H3,(H,16,17)/t9?,10-/m0/s1. The molecule has 6 heteroatoms. The number of rotatable bonds is 5. The second-order valence-electron chi connectivity index (χ2n) is 4.97. The van der Waals surface area contributed by atoms with Crippen LogP contribution in [-0.2, 0) is 14.4 Å². The summed E-state index contributed by atoms with van der Waals surface area (Å²) in [7, 11) is 0. The molecular weight excluding hydrogens is 254 g/mol. The number of likely N-dealkylation sites (tertiary alicyclic amines) is 1. The van der Waals surface area contributed by atoms with Crippen molar-refractivity contribution in [1.29, 1.82) is 0 Å². The van der Waals surface area contributed by atoms with Gasteiger partial charge in [-0.1, -0.05) is 25.6 Å². The Balaban J connectivity index is 2.71. The van der Waals surface area contributed by atoms with E-state index < -0.39 is 12.0 Å². The Morgan fingerprint density at radius 1 is 1.50 bits per heavy atom. The number of hydrogen-bond acceptors (Lipinski definition) is 4. The Morgan fingerprint density at radius 3 is 2.56 bits per heavy atom. The van der Waals surface area contributed by atoms with Gasteiger partial charge in [0.25, 0.3) is 0 Å². The number of nitrogens with zero attached hydrogens (tertiary/aromatic N) is 1. The quantitative estimate of drug-likeness (QED) is 0.818. The first-order valence-electron chi connectivity index (χ1n) is 6.00. The fraction of sp³-hybridized carbons (Fsp3) is 0.750. The summed E-state index contributed by atoms with van der Waals surface area (Å²) >= 11 is 1.12. The lowest BCUT2D eigenvalue weighted by Crippen LogP contribution is -2.43. The average Bonchev–Trinajstić information content (AvgIpc) is 2.54. The van der Waals surface area contributed by atoms with Gasteiger partial charge in [0.1, 0.15) is 6.04 Å². The smallest absolute Gasteiger partial charge is 0.326 e. The van der Waals surface area contributed by atoms with Crippen molar-refractivity contribution in [3.63, 3.8) is 0 Å². The Bertz CT molecular complexity index is 356. The maximum Gasteiger partial charge on any atom is 0.326 e. The minimum Gasteiger partial charge on any atom is -0.480 e. The Hall–Kier alpha value is -1.04. The van der Waals surface area contributed by atoms with E-state index in [9.17, 15) is 19.5 Å². The normalized spacial score (nSPS) is 21.4. The van der Waals surface area contributed by atoms with Crippen LogP contribution < -0.4 is 0 Å². The molecule has 1 heterocycles. The van der Waals surface area contributed by atoms with Gasteiger partial charge in [-0.25, -0.2) is 4.79 Å². The topological polar surface area (TPSA) is 74.7 Å². The lowest BCUT2D eigenvalue weighted by molar-refractivity contribution is -0.149. The molecule has 102 valence electrons. The lowest BCUT2D eigenvalue weighted by Gasteiger charge is -2.25. The molecule has 0 radical (unpaired) electrons. The molecule has 1 amide bonds. The summed E-state index contributed by atoms with van der Waals surface area (Å²) < 4.78 is 0. The number of amides is 1. The van der Waals surface area contributed by atoms with Gasteiger partial charge in [-0.15, -0.1) is 0 Å². The van der Waals surface area contributed by atoms with Crippen molar-refractivity contribution in [2.75, 3.05) is 6.54 Å². The van der Waals surface area contributed by atoms with E-state index in [1.807, 2.05) is 13.8 Å². The number of carbonyl (C=O) groups is 3. The molecule has 5 nitrogen and oxygen atoms in total. The molecule has 1 unspecified atom stereocenters. The van der Waals surface area contributed by atoms with Crippen LogP contribution >= 0.6 is 11.8 Å². The third-order valence-corrected chi connectivity index (χ3v) is 3.79. The first-order chi connectivity index (χ1) is 8.31. The molecular formula is C12H19NO4S. The van der Waals surface area contributed by atoms with Crippen molar-refractivity contribution in [2.24, 2.45) is 5.92 Å². The highest BCUT2D eigenvalue weighted by Gasteiger charge is 2.38. The van der Waals surface area contributed by atoms with Crippen molar-refractivity contribution in [1.82, 2.24) is 4.90 Å². The van der Waals surface area contributed by atoms with Gasteiger partial charge in [0.15, 0.2) is 5.12 Å². The summed E-state index contributed by atoms with van der Waals surface area (Å²) in [6, 6.07) is -0.768. The molecule has 0 bridgehead atoms. The Morgan fingerprint density at radius 2 is 2.11 bits per heavy atom. The van der Waals surface area contributed by atoms with E-state index >= 15 is 0 Å². The van der Waals surface area contributed by atoms with Crippen LogP contribution in [0.3, 0.4) is 0 Å². The van der Waals surface area contributed by atoms with Crippen molar-refractivity contribution in [2.45, 2.75) is 44.9 Å². The molecule has 1 rings (SSSR count). The van der Waals surface area contributed by atoms with E-state index in [4.69, 9.17) is 0 Å². The van der Waals surface area contributed by atoms with Crippen molar-refractivity contribution >= 4 is 28.8 Å². The number of carboxylic acid groups (broad SMARTS) is 1. The fourth-order valence-electron chi connectivity index (χ4n) is 2.12. The molecule has 18 heavy (non-hydrogen) atoms. The molecule has 2 atom stereocenters. The van der Waals surface area contributed by atoms with Gasteiger partial charge in [-0.2, -0.15) is 0 Å². The first kappa shape index (κ1) is 15.0. The Kier molecular flexibility index (Phi) is 5.19. The number of carbonyl (C=O) groups excluding carboxylic acids is 2. The van der Waals surface area contributed by atoms with Crippen molar-refractivity contribution < 1.29 is 19.5 Å². The predicted octanol–water partition coefficient (Wildman–Crippen LogP) is 1.37. The molecule has 0 aromatic rings. The largest absolute Gasteiger partial charge is 0.480 e. The van der Waals surface area contributed by atoms with Crippen LogP contribution in [0.4, 0.5) is 0 Å². The number of hydrogen-bond donors (Lipinski definition) is 1. The highest BCUT2D eigenvalue weighted by Crippen LogP contribution is 2.27. The molecule has 0 spiro atoms. The molecule has 1 aliphatic heterocycles. The van der Waals surface area contributed by atoms with Gasteiger partial charge in [-0.05, 0) is 12.3 Å². The summed E-state index contributed by atoms with van der Waals surface area (Å²) in [5, 5.41) is 9.06. The molecule has 0 aromatic carbocycles. The summed E-state index contributed by atoms with van der Waals surface area (Å²) in [6.45, 7) is 5.67. The lowest BCUT2D eigenvalue weighted by atomic mass is 10.0. The van der Waals surface area contributed by atoms with E-state index in [0.29, 0.717) is 13.0 Å². The SMILES string of the molecule is CC(=O)SC1CC(=O)N([C@@H](CC(C)C)C(=O)O)C1. The highest BCUT2D eigenvalue weighted by atomic mass is 32.2. The zero-order chi connectivity index (χ0) is 13.9. The fourth-order valence-corrected chi connectivity index (χ4v) is 3.05. The van der Waals surface area contributed by atoms with Crippen LogP contribution in [0, 0.1) is 5.92 Å². The van der Waals surface area contributed by atoms with Gasteiger partial charge in [0, 0.05) is 25.1 Å². The maximum absolute atomic E-state index is 11.8. The van der Waals surface area contributed by atoms with Crippen LogP contribution in [0.1, 0.15) is 33.6 Å². The van der Waals surface area contributed by atoms with E-state index in [2.05, 4.69) is 0 Å². The molecule has 1 saturated heterocycles. The van der Waals surface area contributed by atoms with Gasteiger partial charge in [0.05, 0.1) is 0 Å². The van der Waals surface area contributed by atoms with Gasteiger partial charge < -0.3 is 10.0 Å². The maximum atomic E-state index is 11.8. The van der Waals surface area contributed by atoms with Crippen molar-refractivity contribution in [3.8, 4) is 0 Å². The zero-order valence-corrected chi connectivity index (χ0v) is 11.7. The van der Waals surface area contributed by atoms with Crippen LogP contribution in [0.25, 0.3) is 0 Å². The van der Waals surface area contributed by atoms with Gasteiger partial charge in [0.2, 0.25) is 5.91 Å². The minimum absolute atomic E-state index is 0.0367. The average molecular weight is 273 g/mol. The predicted molar refractivity (Wildman–Crippen MR) is 69.3 cm³/mol. The van der Waals surface area contributed by atoms with Crippen LogP contribution in [0.2, 0.25) is 0 Å². The summed E-state index contributed by atoms with van der Waals surface area (Å²) in [4.78, 5) is 35.5.